The van der Waals surface area contributed by atoms with Crippen LogP contribution < -0.4 is 5.32 Å². The molecule has 0 aromatic carbocycles. The quantitative estimate of drug-likeness (QED) is 0.850. The molecule has 3 nitrogen and oxygen atoms in total. The maximum atomic E-state index is 4.54. The molecule has 96 valence electrons. The molecular formula is C14H25N3. The molecule has 1 aliphatic carbocycles. The highest BCUT2D eigenvalue weighted by atomic mass is 15.3. The monoisotopic (exact) mass is 235 g/mol. The first-order valence-corrected chi connectivity index (χ1v) is 6.90. The van der Waals surface area contributed by atoms with Gasteiger partial charge in [-0.05, 0) is 51.1 Å². The highest BCUT2D eigenvalue weighted by Gasteiger charge is 2.20. The predicted molar refractivity (Wildman–Crippen MR) is 70.8 cm³/mol. The zero-order valence-electron chi connectivity index (χ0n) is 11.3. The van der Waals surface area contributed by atoms with Crippen LogP contribution in [-0.2, 0) is 6.54 Å². The smallest absolute Gasteiger partial charge is 0.0762 e. The normalized spacial score (nSPS) is 24.7. The Morgan fingerprint density at radius 1 is 1.47 bits per heavy atom. The highest BCUT2D eigenvalue weighted by Crippen LogP contribution is 2.29. The van der Waals surface area contributed by atoms with Crippen LogP contribution in [0.1, 0.15) is 51.8 Å². The second-order valence-electron chi connectivity index (χ2n) is 5.80. The fourth-order valence-electron chi connectivity index (χ4n) is 2.67. The summed E-state index contributed by atoms with van der Waals surface area (Å²) in [6, 6.07) is 2.57. The lowest BCUT2D eigenvalue weighted by Gasteiger charge is -2.10. The van der Waals surface area contributed by atoms with E-state index in [1.807, 2.05) is 4.68 Å². The molecule has 1 saturated carbocycles. The van der Waals surface area contributed by atoms with Crippen LogP contribution in [-0.4, -0.2) is 16.3 Å². The molecule has 1 N–H and O–H groups in total. The summed E-state index contributed by atoms with van der Waals surface area (Å²) >= 11 is 0. The van der Waals surface area contributed by atoms with E-state index in [9.17, 15) is 0 Å². The molecule has 1 aliphatic rings. The predicted octanol–water partition coefficient (Wildman–Crippen LogP) is 2.99. The summed E-state index contributed by atoms with van der Waals surface area (Å²) in [7, 11) is 0. The second kappa shape index (κ2) is 5.67. The minimum Gasteiger partial charge on any atom is -0.311 e. The summed E-state index contributed by atoms with van der Waals surface area (Å²) in [5.41, 5.74) is 1.16. The zero-order chi connectivity index (χ0) is 12.3. The third-order valence-corrected chi connectivity index (χ3v) is 3.74. The molecule has 0 radical (unpaired) electrons. The first-order valence-electron chi connectivity index (χ1n) is 6.90. The van der Waals surface area contributed by atoms with Gasteiger partial charge in [-0.1, -0.05) is 13.3 Å². The average molecular weight is 235 g/mol. The van der Waals surface area contributed by atoms with E-state index in [-0.39, 0.29) is 0 Å². The Morgan fingerprint density at radius 2 is 2.29 bits per heavy atom. The van der Waals surface area contributed by atoms with Gasteiger partial charge in [0.1, 0.15) is 0 Å². The fraction of sp³-hybridized carbons (Fsp3) is 0.786. The van der Waals surface area contributed by atoms with Crippen molar-refractivity contribution in [2.24, 2.45) is 11.8 Å². The van der Waals surface area contributed by atoms with Crippen molar-refractivity contribution in [3.63, 3.8) is 0 Å². The zero-order valence-corrected chi connectivity index (χ0v) is 11.3. The van der Waals surface area contributed by atoms with E-state index in [0.29, 0.717) is 6.04 Å². The lowest BCUT2D eigenvalue weighted by molar-refractivity contribution is 0.464. The third-order valence-electron chi connectivity index (χ3n) is 3.74. The molecule has 0 aliphatic heterocycles. The summed E-state index contributed by atoms with van der Waals surface area (Å²) in [4.78, 5) is 0. The van der Waals surface area contributed by atoms with Crippen molar-refractivity contribution < 1.29 is 0 Å². The van der Waals surface area contributed by atoms with Crippen molar-refractivity contribution in [3.05, 3.63) is 18.0 Å². The summed E-state index contributed by atoms with van der Waals surface area (Å²) in [6.45, 7) is 8.74. The Hall–Kier alpha value is -0.830. The lowest BCUT2D eigenvalue weighted by atomic mass is 10.1. The van der Waals surface area contributed by atoms with Crippen molar-refractivity contribution >= 4 is 0 Å². The molecule has 0 spiro atoms. The fourth-order valence-corrected chi connectivity index (χ4v) is 2.67. The van der Waals surface area contributed by atoms with E-state index in [0.717, 1.165) is 30.6 Å². The van der Waals surface area contributed by atoms with Crippen LogP contribution in [0.25, 0.3) is 0 Å². The Morgan fingerprint density at radius 3 is 2.88 bits per heavy atom. The molecule has 3 heteroatoms. The topological polar surface area (TPSA) is 29.9 Å². The number of aromatic nitrogens is 2. The molecule has 1 aromatic rings. The van der Waals surface area contributed by atoms with Crippen molar-refractivity contribution in [3.8, 4) is 0 Å². The van der Waals surface area contributed by atoms with Gasteiger partial charge in [-0.15, -0.1) is 0 Å². The summed E-state index contributed by atoms with van der Waals surface area (Å²) in [5.74, 6) is 1.82. The summed E-state index contributed by atoms with van der Waals surface area (Å²) < 4.78 is 2.02. The molecular weight excluding hydrogens is 210 g/mol. The van der Waals surface area contributed by atoms with E-state index in [4.69, 9.17) is 0 Å². The maximum Gasteiger partial charge on any atom is 0.0762 e. The molecule has 0 saturated heterocycles. The van der Waals surface area contributed by atoms with Gasteiger partial charge in [0.2, 0.25) is 0 Å². The summed E-state index contributed by atoms with van der Waals surface area (Å²) in [6.07, 6.45) is 6.27. The number of hydrogen-bond acceptors (Lipinski definition) is 2. The van der Waals surface area contributed by atoms with Crippen LogP contribution >= 0.6 is 0 Å². The van der Waals surface area contributed by atoms with Crippen molar-refractivity contribution in [1.82, 2.24) is 15.1 Å². The van der Waals surface area contributed by atoms with Crippen LogP contribution in [0.5, 0.6) is 0 Å². The maximum absolute atomic E-state index is 4.54. The average Bonchev–Trinajstić information content (AvgIpc) is 2.88. The molecule has 1 aromatic heterocycles. The SMILES string of the molecule is CC1CCC(CNCc2ccn(C(C)C)n2)C1. The standard InChI is InChI=1S/C14H25N3/c1-11(2)17-7-6-14(16-17)10-15-9-13-5-4-12(3)8-13/h6-7,11-13,15H,4-5,8-10H2,1-3H3. The van der Waals surface area contributed by atoms with Crippen molar-refractivity contribution in [2.75, 3.05) is 6.54 Å². The minimum atomic E-state index is 0.458. The number of hydrogen-bond donors (Lipinski definition) is 1. The van der Waals surface area contributed by atoms with E-state index < -0.39 is 0 Å². The Balaban J connectivity index is 1.70. The molecule has 0 amide bonds. The van der Waals surface area contributed by atoms with Crippen molar-refractivity contribution in [2.45, 2.75) is 52.6 Å². The molecule has 17 heavy (non-hydrogen) atoms. The molecule has 1 heterocycles. The van der Waals surface area contributed by atoms with Gasteiger partial charge in [-0.2, -0.15) is 5.10 Å². The van der Waals surface area contributed by atoms with Crippen LogP contribution in [0.2, 0.25) is 0 Å². The first kappa shape index (κ1) is 12.6. The van der Waals surface area contributed by atoms with Gasteiger partial charge < -0.3 is 5.32 Å². The summed E-state index contributed by atoms with van der Waals surface area (Å²) in [5, 5.41) is 8.08. The van der Waals surface area contributed by atoms with E-state index >= 15 is 0 Å². The molecule has 2 unspecified atom stereocenters. The molecule has 0 bridgehead atoms. The van der Waals surface area contributed by atoms with Crippen LogP contribution in [0.4, 0.5) is 0 Å². The number of nitrogens with zero attached hydrogens (tertiary/aromatic N) is 2. The van der Waals surface area contributed by atoms with E-state index in [1.54, 1.807) is 0 Å². The number of nitrogens with one attached hydrogen (secondary N) is 1. The van der Waals surface area contributed by atoms with Crippen LogP contribution in [0.3, 0.4) is 0 Å². The van der Waals surface area contributed by atoms with Gasteiger partial charge in [0.25, 0.3) is 0 Å². The van der Waals surface area contributed by atoms with Gasteiger partial charge in [0, 0.05) is 18.8 Å². The molecule has 2 rings (SSSR count). The van der Waals surface area contributed by atoms with Gasteiger partial charge in [-0.3, -0.25) is 4.68 Å². The largest absolute Gasteiger partial charge is 0.311 e. The highest BCUT2D eigenvalue weighted by molar-refractivity contribution is 4.99. The van der Waals surface area contributed by atoms with E-state index in [1.165, 1.54) is 19.3 Å². The first-order chi connectivity index (χ1) is 8.15. The van der Waals surface area contributed by atoms with Crippen LogP contribution in [0.15, 0.2) is 12.3 Å². The number of rotatable bonds is 5. The van der Waals surface area contributed by atoms with E-state index in [2.05, 4.69) is 43.4 Å². The Labute approximate surface area is 105 Å². The second-order valence-corrected chi connectivity index (χ2v) is 5.80. The molecule has 2 atom stereocenters. The van der Waals surface area contributed by atoms with Gasteiger partial charge >= 0.3 is 0 Å². The van der Waals surface area contributed by atoms with Crippen LogP contribution in [0, 0.1) is 11.8 Å². The minimum absolute atomic E-state index is 0.458. The Kier molecular flexibility index (Phi) is 4.21. The lowest BCUT2D eigenvalue weighted by Crippen LogP contribution is -2.21. The van der Waals surface area contributed by atoms with Gasteiger partial charge in [0.15, 0.2) is 0 Å². The molecule has 1 fully saturated rings. The Bertz CT molecular complexity index is 343. The van der Waals surface area contributed by atoms with Gasteiger partial charge in [0.05, 0.1) is 5.69 Å². The third kappa shape index (κ3) is 3.56. The van der Waals surface area contributed by atoms with Gasteiger partial charge in [-0.25, -0.2) is 0 Å². The van der Waals surface area contributed by atoms with Crippen molar-refractivity contribution in [1.29, 1.82) is 0 Å².